The lowest BCUT2D eigenvalue weighted by molar-refractivity contribution is -0.123. The summed E-state index contributed by atoms with van der Waals surface area (Å²) in [5.41, 5.74) is 7.44. The van der Waals surface area contributed by atoms with Gasteiger partial charge in [-0.25, -0.2) is 0 Å². The molecule has 0 aliphatic carbocycles. The minimum atomic E-state index is -0.623. The largest absolute Gasteiger partial charge is 0.383 e. The maximum atomic E-state index is 11.4. The molecule has 0 fully saturated rings. The Morgan fingerprint density at radius 1 is 1.80 bits per heavy atom. The van der Waals surface area contributed by atoms with Gasteiger partial charge in [0, 0.05) is 24.9 Å². The highest BCUT2D eigenvalue weighted by molar-refractivity contribution is 5.81. The smallest absolute Gasteiger partial charge is 0.239 e. The molecule has 1 aromatic heterocycles. The lowest BCUT2D eigenvalue weighted by Crippen LogP contribution is -2.43. The summed E-state index contributed by atoms with van der Waals surface area (Å²) in [5, 5.41) is 9.34. The number of hydrogen-bond acceptors (Lipinski definition) is 4. The van der Waals surface area contributed by atoms with Crippen molar-refractivity contribution < 1.29 is 9.53 Å². The highest BCUT2D eigenvalue weighted by atomic mass is 16.5. The average molecular weight is 212 g/mol. The Morgan fingerprint density at radius 3 is 3.07 bits per heavy atom. The maximum absolute atomic E-state index is 11.4. The van der Waals surface area contributed by atoms with Crippen molar-refractivity contribution in [3.8, 4) is 0 Å². The van der Waals surface area contributed by atoms with Crippen LogP contribution >= 0.6 is 0 Å². The van der Waals surface area contributed by atoms with Crippen LogP contribution in [0.4, 0.5) is 0 Å². The number of aryl methyl sites for hydroxylation is 1. The van der Waals surface area contributed by atoms with Crippen LogP contribution in [0.15, 0.2) is 6.20 Å². The Bertz CT molecular complexity index is 324. The number of amides is 1. The lowest BCUT2D eigenvalue weighted by atomic mass is 10.2. The van der Waals surface area contributed by atoms with Crippen molar-refractivity contribution in [3.63, 3.8) is 0 Å². The lowest BCUT2D eigenvalue weighted by Gasteiger charge is -2.10. The molecule has 6 heteroatoms. The van der Waals surface area contributed by atoms with Crippen LogP contribution in [-0.4, -0.2) is 35.9 Å². The number of hydrogen-bond donors (Lipinski definition) is 3. The third-order valence-corrected chi connectivity index (χ3v) is 2.07. The number of aromatic amines is 1. The molecule has 15 heavy (non-hydrogen) atoms. The van der Waals surface area contributed by atoms with Gasteiger partial charge in [-0.2, -0.15) is 5.10 Å². The summed E-state index contributed by atoms with van der Waals surface area (Å²) in [6.45, 7) is 2.54. The van der Waals surface area contributed by atoms with E-state index in [1.807, 2.05) is 6.92 Å². The Balaban J connectivity index is 2.37. The predicted octanol–water partition coefficient (Wildman–Crippen LogP) is -0.692. The Kier molecular flexibility index (Phi) is 4.26. The van der Waals surface area contributed by atoms with E-state index in [9.17, 15) is 4.79 Å². The highest BCUT2D eigenvalue weighted by Crippen LogP contribution is 2.01. The van der Waals surface area contributed by atoms with Crippen LogP contribution in [0, 0.1) is 6.92 Å². The van der Waals surface area contributed by atoms with E-state index in [0.717, 1.165) is 11.3 Å². The number of nitrogens with one attached hydrogen (secondary N) is 2. The molecule has 0 aliphatic rings. The van der Waals surface area contributed by atoms with Crippen LogP contribution in [0.25, 0.3) is 0 Å². The summed E-state index contributed by atoms with van der Waals surface area (Å²) in [5.74, 6) is -0.225. The first-order valence-electron chi connectivity index (χ1n) is 4.66. The fourth-order valence-electron chi connectivity index (χ4n) is 1.12. The normalized spacial score (nSPS) is 12.5. The zero-order valence-corrected chi connectivity index (χ0v) is 8.91. The number of carbonyl (C=O) groups excluding carboxylic acids is 1. The number of carbonyl (C=O) groups is 1. The zero-order chi connectivity index (χ0) is 11.3. The molecule has 84 valence electrons. The summed E-state index contributed by atoms with van der Waals surface area (Å²) in [6.07, 6.45) is 1.68. The number of nitrogens with two attached hydrogens (primary N) is 1. The maximum Gasteiger partial charge on any atom is 0.239 e. The number of methoxy groups -OCH3 is 1. The van der Waals surface area contributed by atoms with Gasteiger partial charge in [-0.1, -0.05) is 0 Å². The molecule has 0 aliphatic heterocycles. The molecular weight excluding hydrogens is 196 g/mol. The molecule has 6 nitrogen and oxygen atoms in total. The van der Waals surface area contributed by atoms with Crippen molar-refractivity contribution in [1.29, 1.82) is 0 Å². The SMILES string of the molecule is COCC(N)C(=O)NCc1cn[nH]c1C. The molecule has 0 saturated carbocycles. The van der Waals surface area contributed by atoms with Crippen molar-refractivity contribution in [2.45, 2.75) is 19.5 Å². The van der Waals surface area contributed by atoms with E-state index in [4.69, 9.17) is 10.5 Å². The molecule has 0 saturated heterocycles. The van der Waals surface area contributed by atoms with E-state index in [1.54, 1.807) is 6.20 Å². The second-order valence-corrected chi connectivity index (χ2v) is 3.30. The predicted molar refractivity (Wildman–Crippen MR) is 55.0 cm³/mol. The van der Waals surface area contributed by atoms with Gasteiger partial charge in [-0.15, -0.1) is 0 Å². The first-order chi connectivity index (χ1) is 7.15. The van der Waals surface area contributed by atoms with Gasteiger partial charge >= 0.3 is 0 Å². The molecule has 1 rings (SSSR count). The molecule has 0 bridgehead atoms. The molecular formula is C9H16N4O2. The van der Waals surface area contributed by atoms with E-state index >= 15 is 0 Å². The van der Waals surface area contributed by atoms with Crippen molar-refractivity contribution in [2.75, 3.05) is 13.7 Å². The molecule has 1 heterocycles. The Morgan fingerprint density at radius 2 is 2.53 bits per heavy atom. The second kappa shape index (κ2) is 5.47. The summed E-state index contributed by atoms with van der Waals surface area (Å²) in [6, 6.07) is -0.623. The van der Waals surface area contributed by atoms with Gasteiger partial charge in [0.05, 0.1) is 12.8 Å². The fourth-order valence-corrected chi connectivity index (χ4v) is 1.12. The van der Waals surface area contributed by atoms with E-state index in [1.165, 1.54) is 7.11 Å². The molecule has 0 radical (unpaired) electrons. The summed E-state index contributed by atoms with van der Waals surface area (Å²) >= 11 is 0. The van der Waals surface area contributed by atoms with E-state index in [0.29, 0.717) is 6.54 Å². The van der Waals surface area contributed by atoms with Crippen molar-refractivity contribution in [3.05, 3.63) is 17.5 Å². The van der Waals surface area contributed by atoms with E-state index in [-0.39, 0.29) is 12.5 Å². The van der Waals surface area contributed by atoms with Gasteiger partial charge in [0.15, 0.2) is 0 Å². The Hall–Kier alpha value is -1.40. The highest BCUT2D eigenvalue weighted by Gasteiger charge is 2.12. The van der Waals surface area contributed by atoms with Gasteiger partial charge in [-0.3, -0.25) is 9.89 Å². The number of nitrogens with zero attached hydrogens (tertiary/aromatic N) is 1. The van der Waals surface area contributed by atoms with Crippen LogP contribution in [0.2, 0.25) is 0 Å². The topological polar surface area (TPSA) is 93.0 Å². The van der Waals surface area contributed by atoms with Crippen LogP contribution in [0.5, 0.6) is 0 Å². The minimum absolute atomic E-state index is 0.218. The third kappa shape index (κ3) is 3.34. The molecule has 0 spiro atoms. The molecule has 1 unspecified atom stereocenters. The monoisotopic (exact) mass is 212 g/mol. The number of H-pyrrole nitrogens is 1. The van der Waals surface area contributed by atoms with Crippen LogP contribution in [0.3, 0.4) is 0 Å². The van der Waals surface area contributed by atoms with E-state index in [2.05, 4.69) is 15.5 Å². The Labute approximate surface area is 88.2 Å². The van der Waals surface area contributed by atoms with Gasteiger partial charge in [-0.05, 0) is 6.92 Å². The molecule has 1 atom stereocenters. The van der Waals surface area contributed by atoms with Crippen molar-refractivity contribution in [2.24, 2.45) is 5.73 Å². The molecule has 0 aromatic carbocycles. The molecule has 1 amide bonds. The third-order valence-electron chi connectivity index (χ3n) is 2.07. The van der Waals surface area contributed by atoms with Gasteiger partial charge in [0.1, 0.15) is 6.04 Å². The number of aromatic nitrogens is 2. The number of rotatable bonds is 5. The molecule has 4 N–H and O–H groups in total. The van der Waals surface area contributed by atoms with Crippen molar-refractivity contribution in [1.82, 2.24) is 15.5 Å². The van der Waals surface area contributed by atoms with Crippen LogP contribution in [0.1, 0.15) is 11.3 Å². The minimum Gasteiger partial charge on any atom is -0.383 e. The van der Waals surface area contributed by atoms with Gasteiger partial charge in [0.2, 0.25) is 5.91 Å². The number of ether oxygens (including phenoxy) is 1. The standard InChI is InChI=1S/C9H16N4O2/c1-6-7(4-12-13-6)3-11-9(14)8(10)5-15-2/h4,8H,3,5,10H2,1-2H3,(H,11,14)(H,12,13). The van der Waals surface area contributed by atoms with Crippen molar-refractivity contribution >= 4 is 5.91 Å². The average Bonchev–Trinajstić information content (AvgIpc) is 2.61. The van der Waals surface area contributed by atoms with Crippen LogP contribution < -0.4 is 11.1 Å². The summed E-state index contributed by atoms with van der Waals surface area (Å²) in [4.78, 5) is 11.4. The first-order valence-corrected chi connectivity index (χ1v) is 4.66. The summed E-state index contributed by atoms with van der Waals surface area (Å²) < 4.78 is 4.78. The second-order valence-electron chi connectivity index (χ2n) is 3.30. The quantitative estimate of drug-likeness (QED) is 0.602. The van der Waals surface area contributed by atoms with Crippen LogP contribution in [-0.2, 0) is 16.1 Å². The summed E-state index contributed by atoms with van der Waals surface area (Å²) in [7, 11) is 1.51. The zero-order valence-electron chi connectivity index (χ0n) is 8.91. The van der Waals surface area contributed by atoms with Gasteiger partial charge in [0.25, 0.3) is 0 Å². The van der Waals surface area contributed by atoms with E-state index < -0.39 is 6.04 Å². The first kappa shape index (κ1) is 11.7. The molecule has 1 aromatic rings. The fraction of sp³-hybridized carbons (Fsp3) is 0.556. The van der Waals surface area contributed by atoms with Gasteiger partial charge < -0.3 is 15.8 Å².